The first-order valence-electron chi connectivity index (χ1n) is 9.59. The van der Waals surface area contributed by atoms with Crippen LogP contribution in [-0.2, 0) is 22.4 Å². The second kappa shape index (κ2) is 7.91. The summed E-state index contributed by atoms with van der Waals surface area (Å²) in [4.78, 5) is 34.0. The Morgan fingerprint density at radius 2 is 2.28 bits per heavy atom. The SMILES string of the molecule is C[C@H]1CCc2c(sc3nc([C@@H](C)OC(=O)/C=C/c4cccc(F)c4)[nH]c(=O)c23)C1. The van der Waals surface area contributed by atoms with Crippen LogP contribution in [0.3, 0.4) is 0 Å². The summed E-state index contributed by atoms with van der Waals surface area (Å²) in [5, 5.41) is 0.671. The molecule has 2 atom stereocenters. The van der Waals surface area contributed by atoms with Gasteiger partial charge >= 0.3 is 5.97 Å². The van der Waals surface area contributed by atoms with Crippen LogP contribution >= 0.6 is 11.3 Å². The number of aromatic nitrogens is 2. The van der Waals surface area contributed by atoms with E-state index in [4.69, 9.17) is 4.74 Å². The fourth-order valence-electron chi connectivity index (χ4n) is 3.60. The van der Waals surface area contributed by atoms with E-state index in [0.29, 0.717) is 27.5 Å². The van der Waals surface area contributed by atoms with Gasteiger partial charge in [-0.2, -0.15) is 0 Å². The van der Waals surface area contributed by atoms with E-state index in [1.165, 1.54) is 29.2 Å². The number of thiophene rings is 1. The van der Waals surface area contributed by atoms with E-state index in [9.17, 15) is 14.0 Å². The van der Waals surface area contributed by atoms with Gasteiger partial charge in [0.05, 0.1) is 5.39 Å². The van der Waals surface area contributed by atoms with Crippen LogP contribution in [-0.4, -0.2) is 15.9 Å². The second-order valence-corrected chi connectivity index (χ2v) is 8.53. The van der Waals surface area contributed by atoms with Gasteiger partial charge in [-0.3, -0.25) is 4.79 Å². The second-order valence-electron chi connectivity index (χ2n) is 7.45. The normalized spacial score (nSPS) is 17.4. The number of aryl methyl sites for hydroxylation is 1. The quantitative estimate of drug-likeness (QED) is 0.503. The van der Waals surface area contributed by atoms with Gasteiger partial charge in [0.25, 0.3) is 5.56 Å². The average molecular weight is 412 g/mol. The zero-order chi connectivity index (χ0) is 20.5. The number of nitrogens with one attached hydrogen (secondary N) is 1. The Morgan fingerprint density at radius 1 is 1.45 bits per heavy atom. The van der Waals surface area contributed by atoms with Crippen LogP contribution in [0.15, 0.2) is 35.1 Å². The molecule has 150 valence electrons. The lowest BCUT2D eigenvalue weighted by Crippen LogP contribution is -2.17. The van der Waals surface area contributed by atoms with Crippen LogP contribution < -0.4 is 5.56 Å². The first kappa shape index (κ1) is 19.5. The molecule has 0 saturated carbocycles. The molecule has 3 aromatic rings. The van der Waals surface area contributed by atoms with Gasteiger partial charge in [0.1, 0.15) is 10.6 Å². The molecule has 2 heterocycles. The van der Waals surface area contributed by atoms with Crippen molar-refractivity contribution in [3.63, 3.8) is 0 Å². The Kier molecular flexibility index (Phi) is 5.32. The van der Waals surface area contributed by atoms with Crippen LogP contribution in [0.4, 0.5) is 4.39 Å². The van der Waals surface area contributed by atoms with Crippen molar-refractivity contribution in [2.45, 2.75) is 39.2 Å². The Hall–Kier alpha value is -2.80. The molecule has 1 N–H and O–H groups in total. The highest BCUT2D eigenvalue weighted by Gasteiger charge is 2.24. The molecule has 0 bridgehead atoms. The third-order valence-electron chi connectivity index (χ3n) is 5.12. The van der Waals surface area contributed by atoms with E-state index in [-0.39, 0.29) is 11.4 Å². The van der Waals surface area contributed by atoms with Crippen molar-refractivity contribution < 1.29 is 13.9 Å². The summed E-state index contributed by atoms with van der Waals surface area (Å²) in [5.74, 6) is -0.0404. The first-order valence-corrected chi connectivity index (χ1v) is 10.4. The van der Waals surface area contributed by atoms with Crippen LogP contribution in [0.2, 0.25) is 0 Å². The molecule has 1 aliphatic carbocycles. The molecule has 1 aromatic carbocycles. The Morgan fingerprint density at radius 3 is 3.07 bits per heavy atom. The predicted octanol–water partition coefficient (Wildman–Crippen LogP) is 4.57. The van der Waals surface area contributed by atoms with E-state index < -0.39 is 12.1 Å². The van der Waals surface area contributed by atoms with E-state index >= 15 is 0 Å². The number of halogens is 1. The number of benzene rings is 1. The third-order valence-corrected chi connectivity index (χ3v) is 6.27. The summed E-state index contributed by atoms with van der Waals surface area (Å²) in [5.41, 5.74) is 1.49. The molecular formula is C22H21FN2O3S. The number of ether oxygens (including phenoxy) is 1. The molecule has 0 unspecified atom stereocenters. The fourth-order valence-corrected chi connectivity index (χ4v) is 4.99. The summed E-state index contributed by atoms with van der Waals surface area (Å²) >= 11 is 1.56. The number of aromatic amines is 1. The molecule has 7 heteroatoms. The van der Waals surface area contributed by atoms with Gasteiger partial charge in [0, 0.05) is 11.0 Å². The topological polar surface area (TPSA) is 72.0 Å². The molecule has 1 aliphatic rings. The maximum absolute atomic E-state index is 13.2. The molecule has 0 saturated heterocycles. The van der Waals surface area contributed by atoms with E-state index in [1.54, 1.807) is 30.4 Å². The van der Waals surface area contributed by atoms with E-state index in [0.717, 1.165) is 24.8 Å². The van der Waals surface area contributed by atoms with Crippen molar-refractivity contribution in [2.24, 2.45) is 5.92 Å². The van der Waals surface area contributed by atoms with Gasteiger partial charge in [-0.25, -0.2) is 14.2 Å². The lowest BCUT2D eigenvalue weighted by Gasteiger charge is -2.17. The van der Waals surface area contributed by atoms with Crippen LogP contribution in [0.1, 0.15) is 48.2 Å². The maximum atomic E-state index is 13.2. The fraction of sp³-hybridized carbons (Fsp3) is 0.318. The minimum atomic E-state index is -0.713. The molecule has 4 rings (SSSR count). The molecule has 0 radical (unpaired) electrons. The largest absolute Gasteiger partial charge is 0.451 e. The summed E-state index contributed by atoms with van der Waals surface area (Å²) in [7, 11) is 0. The minimum Gasteiger partial charge on any atom is -0.451 e. The molecule has 2 aromatic heterocycles. The highest BCUT2D eigenvalue weighted by Crippen LogP contribution is 2.35. The number of carbonyl (C=O) groups excluding carboxylic acids is 1. The Balaban J connectivity index is 1.53. The highest BCUT2D eigenvalue weighted by molar-refractivity contribution is 7.18. The Labute approximate surface area is 171 Å². The number of hydrogen-bond donors (Lipinski definition) is 1. The number of nitrogens with zero attached hydrogens (tertiary/aromatic N) is 1. The third kappa shape index (κ3) is 4.15. The van der Waals surface area contributed by atoms with Gasteiger partial charge in [0.15, 0.2) is 11.9 Å². The number of esters is 1. The van der Waals surface area contributed by atoms with E-state index in [2.05, 4.69) is 16.9 Å². The van der Waals surface area contributed by atoms with Crippen LogP contribution in [0.25, 0.3) is 16.3 Å². The lowest BCUT2D eigenvalue weighted by molar-refractivity contribution is -0.142. The minimum absolute atomic E-state index is 0.185. The highest BCUT2D eigenvalue weighted by atomic mass is 32.1. The molecule has 0 amide bonds. The smallest absolute Gasteiger partial charge is 0.331 e. The molecule has 0 fully saturated rings. The maximum Gasteiger partial charge on any atom is 0.331 e. The van der Waals surface area contributed by atoms with Crippen molar-refractivity contribution in [3.8, 4) is 0 Å². The Bertz CT molecular complexity index is 1160. The van der Waals surface area contributed by atoms with Gasteiger partial charge in [0.2, 0.25) is 0 Å². The lowest BCUT2D eigenvalue weighted by atomic mass is 9.89. The van der Waals surface area contributed by atoms with Crippen LogP contribution in [0.5, 0.6) is 0 Å². The predicted molar refractivity (Wildman–Crippen MR) is 111 cm³/mol. The zero-order valence-corrected chi connectivity index (χ0v) is 17.0. The van der Waals surface area contributed by atoms with Crippen molar-refractivity contribution >= 4 is 33.6 Å². The summed E-state index contributed by atoms with van der Waals surface area (Å²) in [6.45, 7) is 3.88. The monoisotopic (exact) mass is 412 g/mol. The van der Waals surface area contributed by atoms with Crippen LogP contribution in [0, 0.1) is 11.7 Å². The number of fused-ring (bicyclic) bond motifs is 3. The van der Waals surface area contributed by atoms with E-state index in [1.807, 2.05) is 0 Å². The molecule has 5 nitrogen and oxygen atoms in total. The van der Waals surface area contributed by atoms with Crippen molar-refractivity contribution in [3.05, 3.63) is 68.3 Å². The van der Waals surface area contributed by atoms with Crippen molar-refractivity contribution in [1.29, 1.82) is 0 Å². The summed E-state index contributed by atoms with van der Waals surface area (Å²) in [6, 6.07) is 5.90. The van der Waals surface area contributed by atoms with Gasteiger partial charge < -0.3 is 9.72 Å². The summed E-state index contributed by atoms with van der Waals surface area (Å²) < 4.78 is 18.6. The zero-order valence-electron chi connectivity index (χ0n) is 16.2. The number of carbonyl (C=O) groups is 1. The van der Waals surface area contributed by atoms with Gasteiger partial charge in [-0.1, -0.05) is 19.1 Å². The standard InChI is InChI=1S/C22H21FN2O3S/c1-12-6-8-16-17(10-12)29-22-19(16)21(27)24-20(25-22)13(2)28-18(26)9-7-14-4-3-5-15(23)11-14/h3-5,7,9,11-13H,6,8,10H2,1-2H3,(H,24,25,27)/b9-7+/t12-,13+/m0/s1. The first-order chi connectivity index (χ1) is 13.9. The van der Waals surface area contributed by atoms with Crippen molar-refractivity contribution in [1.82, 2.24) is 9.97 Å². The van der Waals surface area contributed by atoms with Crippen molar-refractivity contribution in [2.75, 3.05) is 0 Å². The number of rotatable bonds is 4. The molecular weight excluding hydrogens is 391 g/mol. The summed E-state index contributed by atoms with van der Waals surface area (Å²) in [6.07, 6.45) is 4.94. The number of hydrogen-bond acceptors (Lipinski definition) is 5. The van der Waals surface area contributed by atoms with Gasteiger partial charge in [-0.05, 0) is 61.4 Å². The molecule has 0 spiro atoms. The molecule has 29 heavy (non-hydrogen) atoms. The average Bonchev–Trinajstić information content (AvgIpc) is 3.04. The molecule has 0 aliphatic heterocycles. The number of H-pyrrole nitrogens is 1. The van der Waals surface area contributed by atoms with Gasteiger partial charge in [-0.15, -0.1) is 11.3 Å².